The van der Waals surface area contributed by atoms with Crippen LogP contribution in [0.5, 0.6) is 0 Å². The number of anilines is 1. The first-order valence-corrected chi connectivity index (χ1v) is 8.53. The second kappa shape index (κ2) is 7.64. The van der Waals surface area contributed by atoms with Gasteiger partial charge in [0, 0.05) is 38.9 Å². The van der Waals surface area contributed by atoms with E-state index in [4.69, 9.17) is 4.74 Å². The fourth-order valence-electron chi connectivity index (χ4n) is 3.20. The molecule has 0 saturated carbocycles. The van der Waals surface area contributed by atoms with Crippen LogP contribution >= 0.6 is 0 Å². The van der Waals surface area contributed by atoms with E-state index in [-0.39, 0.29) is 6.03 Å². The van der Waals surface area contributed by atoms with Crippen molar-refractivity contribution in [1.82, 2.24) is 15.2 Å². The Kier molecular flexibility index (Phi) is 5.33. The molecule has 0 bridgehead atoms. The number of nitrogens with one attached hydrogen (secondary N) is 1. The van der Waals surface area contributed by atoms with E-state index in [2.05, 4.69) is 28.2 Å². The Bertz CT molecular complexity index is 531. The molecule has 1 atom stereocenters. The van der Waals surface area contributed by atoms with Gasteiger partial charge in [-0.3, -0.25) is 0 Å². The highest BCUT2D eigenvalue weighted by atomic mass is 16.5. The molecule has 1 aromatic heterocycles. The van der Waals surface area contributed by atoms with Crippen molar-refractivity contribution in [3.8, 4) is 0 Å². The number of rotatable bonds is 3. The third kappa shape index (κ3) is 4.34. The zero-order valence-corrected chi connectivity index (χ0v) is 13.8. The van der Waals surface area contributed by atoms with Gasteiger partial charge in [0.25, 0.3) is 0 Å². The quantitative estimate of drug-likeness (QED) is 0.924. The molecule has 0 radical (unpaired) electrons. The molecule has 1 unspecified atom stereocenters. The van der Waals surface area contributed by atoms with E-state index in [0.29, 0.717) is 12.5 Å². The number of urea groups is 1. The molecule has 1 aromatic rings. The largest absolute Gasteiger partial charge is 0.378 e. The normalized spacial score (nSPS) is 22.0. The SMILES string of the molecule is CC1CCCN(C(=O)NCc2ccnc(N3CCOCC3)c2)C1. The first kappa shape index (κ1) is 16.1. The van der Waals surface area contributed by atoms with E-state index in [0.717, 1.165) is 57.2 Å². The maximum Gasteiger partial charge on any atom is 0.317 e. The van der Waals surface area contributed by atoms with Crippen LogP contribution in [0.15, 0.2) is 18.3 Å². The van der Waals surface area contributed by atoms with Gasteiger partial charge in [0.05, 0.1) is 13.2 Å². The molecule has 6 heteroatoms. The van der Waals surface area contributed by atoms with Gasteiger partial charge >= 0.3 is 6.03 Å². The molecule has 2 amide bonds. The minimum absolute atomic E-state index is 0.0429. The van der Waals surface area contributed by atoms with Crippen LogP contribution in [-0.2, 0) is 11.3 Å². The van der Waals surface area contributed by atoms with Crippen LogP contribution in [0.1, 0.15) is 25.3 Å². The summed E-state index contributed by atoms with van der Waals surface area (Å²) in [4.78, 5) is 20.9. The lowest BCUT2D eigenvalue weighted by Crippen LogP contribution is -2.44. The maximum absolute atomic E-state index is 12.3. The van der Waals surface area contributed by atoms with Crippen LogP contribution in [0.4, 0.5) is 10.6 Å². The lowest BCUT2D eigenvalue weighted by molar-refractivity contribution is 0.122. The van der Waals surface area contributed by atoms with Crippen LogP contribution in [0.25, 0.3) is 0 Å². The highest BCUT2D eigenvalue weighted by Gasteiger charge is 2.20. The average molecular weight is 318 g/mol. The van der Waals surface area contributed by atoms with Crippen molar-refractivity contribution in [3.05, 3.63) is 23.9 Å². The number of ether oxygens (including phenoxy) is 1. The summed E-state index contributed by atoms with van der Waals surface area (Å²) in [7, 11) is 0. The second-order valence-corrected chi connectivity index (χ2v) is 6.47. The van der Waals surface area contributed by atoms with Gasteiger partial charge in [-0.1, -0.05) is 6.92 Å². The third-order valence-electron chi connectivity index (χ3n) is 4.53. The molecule has 3 heterocycles. The van der Waals surface area contributed by atoms with Crippen LogP contribution in [-0.4, -0.2) is 55.3 Å². The van der Waals surface area contributed by atoms with Crippen molar-refractivity contribution in [2.24, 2.45) is 5.92 Å². The molecule has 2 aliphatic rings. The molecule has 0 aromatic carbocycles. The summed E-state index contributed by atoms with van der Waals surface area (Å²) < 4.78 is 5.37. The molecule has 2 aliphatic heterocycles. The molecule has 3 rings (SSSR count). The van der Waals surface area contributed by atoms with Crippen LogP contribution in [0.3, 0.4) is 0 Å². The van der Waals surface area contributed by atoms with Crippen molar-refractivity contribution >= 4 is 11.8 Å². The van der Waals surface area contributed by atoms with E-state index in [1.54, 1.807) is 0 Å². The number of hydrogen-bond acceptors (Lipinski definition) is 4. The molecule has 23 heavy (non-hydrogen) atoms. The van der Waals surface area contributed by atoms with Gasteiger partial charge in [0.2, 0.25) is 0 Å². The smallest absolute Gasteiger partial charge is 0.317 e. The number of pyridine rings is 1. The molecule has 1 N–H and O–H groups in total. The molecular formula is C17H26N4O2. The number of likely N-dealkylation sites (tertiary alicyclic amines) is 1. The van der Waals surface area contributed by atoms with Gasteiger partial charge in [-0.15, -0.1) is 0 Å². The van der Waals surface area contributed by atoms with Gasteiger partial charge in [0.1, 0.15) is 5.82 Å². The van der Waals surface area contributed by atoms with E-state index < -0.39 is 0 Å². The van der Waals surface area contributed by atoms with Crippen molar-refractivity contribution < 1.29 is 9.53 Å². The number of amides is 2. The van der Waals surface area contributed by atoms with E-state index in [1.807, 2.05) is 17.2 Å². The van der Waals surface area contributed by atoms with E-state index >= 15 is 0 Å². The van der Waals surface area contributed by atoms with Gasteiger partial charge < -0.3 is 19.9 Å². The molecule has 2 saturated heterocycles. The molecule has 2 fully saturated rings. The summed E-state index contributed by atoms with van der Waals surface area (Å²) in [6.45, 7) is 7.71. The second-order valence-electron chi connectivity index (χ2n) is 6.47. The summed E-state index contributed by atoms with van der Waals surface area (Å²) in [6, 6.07) is 4.06. The summed E-state index contributed by atoms with van der Waals surface area (Å²) >= 11 is 0. The molecule has 6 nitrogen and oxygen atoms in total. The van der Waals surface area contributed by atoms with E-state index in [1.165, 1.54) is 6.42 Å². The Hall–Kier alpha value is -1.82. The number of morpholine rings is 1. The minimum atomic E-state index is 0.0429. The zero-order chi connectivity index (χ0) is 16.1. The number of hydrogen-bond donors (Lipinski definition) is 1. The average Bonchev–Trinajstić information content (AvgIpc) is 2.61. The number of aromatic nitrogens is 1. The number of carbonyl (C=O) groups is 1. The molecule has 126 valence electrons. The van der Waals surface area contributed by atoms with Crippen molar-refractivity contribution in [2.75, 3.05) is 44.3 Å². The Morgan fingerprint density at radius 2 is 2.22 bits per heavy atom. The van der Waals surface area contributed by atoms with Gasteiger partial charge in [-0.2, -0.15) is 0 Å². The number of nitrogens with zero attached hydrogens (tertiary/aromatic N) is 3. The lowest BCUT2D eigenvalue weighted by atomic mass is 10.0. The number of carbonyl (C=O) groups excluding carboxylic acids is 1. The van der Waals surface area contributed by atoms with Crippen LogP contribution < -0.4 is 10.2 Å². The monoisotopic (exact) mass is 318 g/mol. The van der Waals surface area contributed by atoms with Gasteiger partial charge in [-0.05, 0) is 36.5 Å². The fraction of sp³-hybridized carbons (Fsp3) is 0.647. The Labute approximate surface area is 137 Å². The van der Waals surface area contributed by atoms with Crippen LogP contribution in [0.2, 0.25) is 0 Å². The Balaban J connectivity index is 1.54. The lowest BCUT2D eigenvalue weighted by Gasteiger charge is -2.31. The standard InChI is InChI=1S/C17H26N4O2/c1-14-3-2-6-21(13-14)17(22)19-12-15-4-5-18-16(11-15)20-7-9-23-10-8-20/h4-5,11,14H,2-3,6-10,12-13H2,1H3,(H,19,22). The highest BCUT2D eigenvalue weighted by Crippen LogP contribution is 2.16. The summed E-state index contributed by atoms with van der Waals surface area (Å²) in [6.07, 6.45) is 4.14. The zero-order valence-electron chi connectivity index (χ0n) is 13.8. The third-order valence-corrected chi connectivity index (χ3v) is 4.53. The summed E-state index contributed by atoms with van der Waals surface area (Å²) in [5.74, 6) is 1.56. The summed E-state index contributed by atoms with van der Waals surface area (Å²) in [5.41, 5.74) is 1.08. The summed E-state index contributed by atoms with van der Waals surface area (Å²) in [5, 5.41) is 3.04. The first-order chi connectivity index (χ1) is 11.2. The molecular weight excluding hydrogens is 292 g/mol. The highest BCUT2D eigenvalue weighted by molar-refractivity contribution is 5.74. The first-order valence-electron chi connectivity index (χ1n) is 8.53. The van der Waals surface area contributed by atoms with E-state index in [9.17, 15) is 4.79 Å². The van der Waals surface area contributed by atoms with Gasteiger partial charge in [0.15, 0.2) is 0 Å². The Morgan fingerprint density at radius 3 is 3.00 bits per heavy atom. The number of piperidine rings is 1. The topological polar surface area (TPSA) is 57.7 Å². The Morgan fingerprint density at radius 1 is 1.39 bits per heavy atom. The molecule has 0 spiro atoms. The van der Waals surface area contributed by atoms with Gasteiger partial charge in [-0.25, -0.2) is 9.78 Å². The van der Waals surface area contributed by atoms with Crippen LogP contribution in [0, 0.1) is 5.92 Å². The molecule has 0 aliphatic carbocycles. The fourth-order valence-corrected chi connectivity index (χ4v) is 3.20. The predicted molar refractivity (Wildman–Crippen MR) is 89.5 cm³/mol. The minimum Gasteiger partial charge on any atom is -0.378 e. The van der Waals surface area contributed by atoms with Crippen molar-refractivity contribution in [2.45, 2.75) is 26.3 Å². The van der Waals surface area contributed by atoms with Crippen molar-refractivity contribution in [1.29, 1.82) is 0 Å². The van der Waals surface area contributed by atoms with Crippen molar-refractivity contribution in [3.63, 3.8) is 0 Å². The maximum atomic E-state index is 12.3. The predicted octanol–water partition coefficient (Wildman–Crippen LogP) is 1.86.